The van der Waals surface area contributed by atoms with E-state index in [9.17, 15) is 19.8 Å². The van der Waals surface area contributed by atoms with Gasteiger partial charge in [0.15, 0.2) is 0 Å². The van der Waals surface area contributed by atoms with Crippen molar-refractivity contribution in [3.05, 3.63) is 83.5 Å². The minimum absolute atomic E-state index is 0.0856. The molecule has 2 atom stereocenters. The van der Waals surface area contributed by atoms with Crippen LogP contribution in [0.2, 0.25) is 0 Å². The maximum atomic E-state index is 11.9. The number of carbonyl (C=O) groups excluding carboxylic acids is 2. The van der Waals surface area contributed by atoms with Crippen molar-refractivity contribution in [3.63, 3.8) is 0 Å². The van der Waals surface area contributed by atoms with Gasteiger partial charge in [0.05, 0.1) is 13.5 Å². The van der Waals surface area contributed by atoms with Crippen LogP contribution in [-0.4, -0.2) is 29.1 Å². The Morgan fingerprint density at radius 3 is 2.30 bits per heavy atom. The zero-order chi connectivity index (χ0) is 24.2. The van der Waals surface area contributed by atoms with Crippen molar-refractivity contribution < 1.29 is 24.5 Å². The lowest BCUT2D eigenvalue weighted by Gasteiger charge is -2.14. The molecular formula is C28H34O5. The number of aromatic hydroxyl groups is 2. The molecule has 0 unspecified atom stereocenters. The summed E-state index contributed by atoms with van der Waals surface area (Å²) in [6, 6.07) is 12.4. The van der Waals surface area contributed by atoms with Gasteiger partial charge in [0.25, 0.3) is 0 Å². The summed E-state index contributed by atoms with van der Waals surface area (Å²) in [7, 11) is 1.37. The quantitative estimate of drug-likeness (QED) is 0.308. The van der Waals surface area contributed by atoms with Gasteiger partial charge in [-0.1, -0.05) is 49.4 Å². The highest BCUT2D eigenvalue weighted by Crippen LogP contribution is 2.28. The molecule has 2 N–H and O–H groups in total. The largest absolute Gasteiger partial charge is 0.508 e. The van der Waals surface area contributed by atoms with Gasteiger partial charge in [-0.2, -0.15) is 0 Å². The van der Waals surface area contributed by atoms with E-state index >= 15 is 0 Å². The summed E-state index contributed by atoms with van der Waals surface area (Å²) in [5.74, 6) is -0.122. The van der Waals surface area contributed by atoms with E-state index in [0.29, 0.717) is 12.8 Å². The SMILES string of the molecule is CC/C=C/[C@H](CC(=O)OC)c1cc(O)cc(CC/C=C/[C@@H](CC(C)=O)c2cccc(O)c2)c1. The summed E-state index contributed by atoms with van der Waals surface area (Å²) in [6.45, 7) is 3.59. The van der Waals surface area contributed by atoms with Crippen molar-refractivity contribution in [2.45, 2.75) is 57.8 Å². The van der Waals surface area contributed by atoms with Gasteiger partial charge in [-0.15, -0.1) is 0 Å². The fourth-order valence-electron chi connectivity index (χ4n) is 3.79. The Hall–Kier alpha value is -3.34. The Morgan fingerprint density at radius 2 is 1.64 bits per heavy atom. The van der Waals surface area contributed by atoms with Crippen molar-refractivity contribution in [2.75, 3.05) is 7.11 Å². The molecule has 0 radical (unpaired) electrons. The van der Waals surface area contributed by atoms with Crippen molar-refractivity contribution in [1.82, 2.24) is 0 Å². The van der Waals surface area contributed by atoms with Crippen LogP contribution in [0.25, 0.3) is 0 Å². The molecule has 0 bridgehead atoms. The smallest absolute Gasteiger partial charge is 0.306 e. The number of ether oxygens (including phenoxy) is 1. The number of ketones is 1. The first-order chi connectivity index (χ1) is 15.8. The first-order valence-corrected chi connectivity index (χ1v) is 11.3. The summed E-state index contributed by atoms with van der Waals surface area (Å²) >= 11 is 0. The molecule has 33 heavy (non-hydrogen) atoms. The molecular weight excluding hydrogens is 416 g/mol. The number of hydrogen-bond donors (Lipinski definition) is 2. The molecule has 0 amide bonds. The lowest BCUT2D eigenvalue weighted by molar-refractivity contribution is -0.140. The molecule has 0 aliphatic heterocycles. The van der Waals surface area contributed by atoms with Gasteiger partial charge in [-0.25, -0.2) is 0 Å². The molecule has 5 heteroatoms. The highest BCUT2D eigenvalue weighted by Gasteiger charge is 2.16. The first kappa shape index (κ1) is 25.9. The molecule has 0 fully saturated rings. The van der Waals surface area contributed by atoms with E-state index in [-0.39, 0.29) is 41.5 Å². The van der Waals surface area contributed by atoms with E-state index in [4.69, 9.17) is 4.74 Å². The van der Waals surface area contributed by atoms with Crippen LogP contribution in [0.1, 0.15) is 68.1 Å². The molecule has 0 saturated heterocycles. The molecule has 0 aliphatic carbocycles. The van der Waals surface area contributed by atoms with Gasteiger partial charge < -0.3 is 14.9 Å². The second kappa shape index (κ2) is 13.3. The molecule has 0 saturated carbocycles. The Balaban J connectivity index is 2.14. The third-order valence-electron chi connectivity index (χ3n) is 5.42. The van der Waals surface area contributed by atoms with E-state index in [0.717, 1.165) is 29.5 Å². The Morgan fingerprint density at radius 1 is 0.939 bits per heavy atom. The standard InChI is InChI=1S/C28H34O5/c1-4-5-10-24(19-28(32)33-3)25-15-21(16-27(31)18-25)9-6-7-11-22(14-20(2)29)23-12-8-13-26(30)17-23/h5,7-8,10-13,15-18,22,24,30-31H,4,6,9,14,19H2,1-3H3/b10-5+,11-7+/t22-,24+/m0/s1. The number of phenolic OH excluding ortho intramolecular Hbond substituents is 2. The molecule has 2 rings (SSSR count). The van der Waals surface area contributed by atoms with Crippen LogP contribution in [0, 0.1) is 0 Å². The van der Waals surface area contributed by atoms with Gasteiger partial charge >= 0.3 is 5.97 Å². The first-order valence-electron chi connectivity index (χ1n) is 11.3. The van der Waals surface area contributed by atoms with Gasteiger partial charge in [0, 0.05) is 18.3 Å². The van der Waals surface area contributed by atoms with E-state index < -0.39 is 0 Å². The molecule has 5 nitrogen and oxygen atoms in total. The number of allylic oxidation sites excluding steroid dienone is 4. The summed E-state index contributed by atoms with van der Waals surface area (Å²) in [5.41, 5.74) is 2.74. The molecule has 2 aromatic carbocycles. The van der Waals surface area contributed by atoms with E-state index in [1.807, 2.05) is 43.4 Å². The minimum Gasteiger partial charge on any atom is -0.508 e. The van der Waals surface area contributed by atoms with Gasteiger partial charge in [0.1, 0.15) is 17.3 Å². The second-order valence-corrected chi connectivity index (χ2v) is 8.23. The van der Waals surface area contributed by atoms with Gasteiger partial charge in [-0.3, -0.25) is 9.59 Å². The van der Waals surface area contributed by atoms with Crippen LogP contribution in [0.15, 0.2) is 66.8 Å². The van der Waals surface area contributed by atoms with Crippen LogP contribution in [-0.2, 0) is 20.7 Å². The Labute approximate surface area is 196 Å². The number of benzene rings is 2. The average molecular weight is 451 g/mol. The van der Waals surface area contributed by atoms with Crippen molar-refractivity contribution >= 4 is 11.8 Å². The highest BCUT2D eigenvalue weighted by atomic mass is 16.5. The van der Waals surface area contributed by atoms with E-state index in [2.05, 4.69) is 0 Å². The fourth-order valence-corrected chi connectivity index (χ4v) is 3.79. The third kappa shape index (κ3) is 8.97. The van der Waals surface area contributed by atoms with Crippen LogP contribution in [0.5, 0.6) is 11.5 Å². The predicted octanol–water partition coefficient (Wildman–Crippen LogP) is 5.96. The van der Waals surface area contributed by atoms with Crippen LogP contribution < -0.4 is 0 Å². The van der Waals surface area contributed by atoms with E-state index in [1.54, 1.807) is 37.3 Å². The summed E-state index contributed by atoms with van der Waals surface area (Å²) in [6.07, 6.45) is 10.9. The predicted molar refractivity (Wildman–Crippen MR) is 131 cm³/mol. The van der Waals surface area contributed by atoms with Crippen molar-refractivity contribution in [2.24, 2.45) is 0 Å². The molecule has 2 aromatic rings. The zero-order valence-corrected chi connectivity index (χ0v) is 19.7. The van der Waals surface area contributed by atoms with Crippen molar-refractivity contribution in [1.29, 1.82) is 0 Å². The maximum absolute atomic E-state index is 11.9. The lowest BCUT2D eigenvalue weighted by Crippen LogP contribution is -2.07. The average Bonchev–Trinajstić information content (AvgIpc) is 2.77. The van der Waals surface area contributed by atoms with E-state index in [1.165, 1.54) is 7.11 Å². The zero-order valence-electron chi connectivity index (χ0n) is 19.7. The highest BCUT2D eigenvalue weighted by molar-refractivity contribution is 5.76. The van der Waals surface area contributed by atoms with Crippen LogP contribution in [0.4, 0.5) is 0 Å². The Bertz CT molecular complexity index is 990. The minimum atomic E-state index is -0.294. The van der Waals surface area contributed by atoms with Gasteiger partial charge in [-0.05, 0) is 67.1 Å². The maximum Gasteiger partial charge on any atom is 0.306 e. The number of Topliss-reactive ketones (excluding diaryl/α,β-unsaturated/α-hetero) is 1. The number of methoxy groups -OCH3 is 1. The number of rotatable bonds is 12. The van der Waals surface area contributed by atoms with Crippen LogP contribution >= 0.6 is 0 Å². The monoisotopic (exact) mass is 450 g/mol. The van der Waals surface area contributed by atoms with Crippen molar-refractivity contribution in [3.8, 4) is 11.5 Å². The summed E-state index contributed by atoms with van der Waals surface area (Å²) in [4.78, 5) is 23.6. The number of aryl methyl sites for hydroxylation is 1. The van der Waals surface area contributed by atoms with Gasteiger partial charge in [0.2, 0.25) is 0 Å². The summed E-state index contributed by atoms with van der Waals surface area (Å²) < 4.78 is 4.83. The third-order valence-corrected chi connectivity index (χ3v) is 5.42. The number of phenols is 2. The topological polar surface area (TPSA) is 83.8 Å². The molecule has 0 heterocycles. The molecule has 0 aromatic heterocycles. The Kier molecular flexibility index (Phi) is 10.4. The fraction of sp³-hybridized carbons (Fsp3) is 0.357. The number of carbonyl (C=O) groups is 2. The normalized spacial score (nSPS) is 13.3. The molecule has 0 spiro atoms. The summed E-state index contributed by atoms with van der Waals surface area (Å²) in [5, 5.41) is 20.0. The number of esters is 1. The lowest BCUT2D eigenvalue weighted by atomic mass is 9.91. The molecule has 176 valence electrons. The molecule has 0 aliphatic rings. The second-order valence-electron chi connectivity index (χ2n) is 8.23. The van der Waals surface area contributed by atoms with Crippen LogP contribution in [0.3, 0.4) is 0 Å². The number of hydrogen-bond acceptors (Lipinski definition) is 5.